The number of hydrogen-bond acceptors (Lipinski definition) is 3. The Labute approximate surface area is 148 Å². The minimum Gasteiger partial charge on any atom is -0.369 e. The standard InChI is InChI=1S/C19H22ClN3O/c1-15-3-7-18(8-4-15)23(14-24)22-11-9-21(10-12-22)19-13-17(20)6-5-16(19)2/h3-8,13-14H,9-12H2,1-2H3. The molecule has 126 valence electrons. The van der Waals surface area contributed by atoms with E-state index < -0.39 is 0 Å². The van der Waals surface area contributed by atoms with Gasteiger partial charge in [-0.1, -0.05) is 35.4 Å². The molecule has 2 aromatic rings. The van der Waals surface area contributed by atoms with E-state index >= 15 is 0 Å². The number of carbonyl (C=O) groups excluding carboxylic acids is 1. The summed E-state index contributed by atoms with van der Waals surface area (Å²) in [6.45, 7) is 7.44. The molecule has 4 nitrogen and oxygen atoms in total. The molecule has 0 aromatic heterocycles. The second-order valence-electron chi connectivity index (χ2n) is 6.16. The number of amides is 1. The van der Waals surface area contributed by atoms with E-state index in [4.69, 9.17) is 11.6 Å². The zero-order chi connectivity index (χ0) is 17.1. The summed E-state index contributed by atoms with van der Waals surface area (Å²) in [6.07, 6.45) is 0.894. The quantitative estimate of drug-likeness (QED) is 0.793. The number of carbonyl (C=O) groups is 1. The fourth-order valence-corrected chi connectivity index (χ4v) is 3.23. The molecule has 0 bridgehead atoms. The summed E-state index contributed by atoms with van der Waals surface area (Å²) in [5.41, 5.74) is 4.49. The monoisotopic (exact) mass is 343 g/mol. The minimum absolute atomic E-state index is 0.757. The van der Waals surface area contributed by atoms with Crippen LogP contribution in [0.2, 0.25) is 5.02 Å². The second kappa shape index (κ2) is 7.24. The predicted octanol–water partition coefficient (Wildman–Crippen LogP) is 3.66. The first kappa shape index (κ1) is 16.8. The van der Waals surface area contributed by atoms with Gasteiger partial charge in [0.25, 0.3) is 0 Å². The molecule has 3 rings (SSSR count). The SMILES string of the molecule is Cc1ccc(N(C=O)N2CCN(c3cc(Cl)ccc3C)CC2)cc1. The highest BCUT2D eigenvalue weighted by Gasteiger charge is 2.23. The zero-order valence-electron chi connectivity index (χ0n) is 14.1. The van der Waals surface area contributed by atoms with Crippen molar-refractivity contribution in [3.63, 3.8) is 0 Å². The lowest BCUT2D eigenvalue weighted by atomic mass is 10.1. The van der Waals surface area contributed by atoms with Crippen molar-refractivity contribution in [1.29, 1.82) is 0 Å². The maximum atomic E-state index is 11.6. The molecule has 5 heteroatoms. The fourth-order valence-electron chi connectivity index (χ4n) is 3.06. The lowest BCUT2D eigenvalue weighted by molar-refractivity contribution is -0.110. The summed E-state index contributed by atoms with van der Waals surface area (Å²) in [5.74, 6) is 0. The first-order valence-electron chi connectivity index (χ1n) is 8.15. The van der Waals surface area contributed by atoms with Gasteiger partial charge in [-0.05, 0) is 43.7 Å². The summed E-state index contributed by atoms with van der Waals surface area (Å²) in [7, 11) is 0. The summed E-state index contributed by atoms with van der Waals surface area (Å²) >= 11 is 6.14. The van der Waals surface area contributed by atoms with Gasteiger partial charge in [-0.15, -0.1) is 0 Å². The summed E-state index contributed by atoms with van der Waals surface area (Å²) in [6, 6.07) is 14.0. The number of aryl methyl sites for hydroxylation is 2. The van der Waals surface area contributed by atoms with E-state index in [2.05, 4.69) is 16.8 Å². The van der Waals surface area contributed by atoms with Gasteiger partial charge in [0.2, 0.25) is 6.41 Å². The number of hydrazine groups is 1. The fraction of sp³-hybridized carbons (Fsp3) is 0.316. The maximum Gasteiger partial charge on any atom is 0.228 e. The number of nitrogens with zero attached hydrogens (tertiary/aromatic N) is 3. The van der Waals surface area contributed by atoms with Crippen LogP contribution in [0.25, 0.3) is 0 Å². The Balaban J connectivity index is 1.70. The average molecular weight is 344 g/mol. The van der Waals surface area contributed by atoms with Crippen LogP contribution in [0.4, 0.5) is 11.4 Å². The normalized spacial score (nSPS) is 15.4. The van der Waals surface area contributed by atoms with Crippen molar-refractivity contribution >= 4 is 29.4 Å². The van der Waals surface area contributed by atoms with Crippen molar-refractivity contribution in [2.45, 2.75) is 13.8 Å². The molecule has 1 aliphatic rings. The lowest BCUT2D eigenvalue weighted by Crippen LogP contribution is -2.53. The van der Waals surface area contributed by atoms with Gasteiger partial charge in [-0.3, -0.25) is 4.79 Å². The first-order valence-corrected chi connectivity index (χ1v) is 8.53. The molecule has 0 saturated carbocycles. The van der Waals surface area contributed by atoms with E-state index in [1.54, 1.807) is 5.01 Å². The molecule has 1 amide bonds. The van der Waals surface area contributed by atoms with Crippen LogP contribution < -0.4 is 9.91 Å². The van der Waals surface area contributed by atoms with Gasteiger partial charge in [-0.25, -0.2) is 10.0 Å². The number of rotatable bonds is 4. The van der Waals surface area contributed by atoms with E-state index in [0.717, 1.165) is 43.3 Å². The van der Waals surface area contributed by atoms with Crippen LogP contribution >= 0.6 is 11.6 Å². The molecule has 1 saturated heterocycles. The van der Waals surface area contributed by atoms with E-state index in [9.17, 15) is 4.79 Å². The van der Waals surface area contributed by atoms with Crippen molar-refractivity contribution in [2.75, 3.05) is 36.1 Å². The molecule has 0 aliphatic carbocycles. The molecule has 1 heterocycles. The smallest absolute Gasteiger partial charge is 0.228 e. The van der Waals surface area contributed by atoms with Gasteiger partial charge in [-0.2, -0.15) is 0 Å². The Hall–Kier alpha value is -2.04. The Bertz CT molecular complexity index is 709. The highest BCUT2D eigenvalue weighted by Crippen LogP contribution is 2.26. The van der Waals surface area contributed by atoms with Gasteiger partial charge < -0.3 is 4.90 Å². The van der Waals surface area contributed by atoms with Crippen LogP contribution in [0.15, 0.2) is 42.5 Å². The number of piperazine rings is 1. The van der Waals surface area contributed by atoms with Crippen molar-refractivity contribution in [3.8, 4) is 0 Å². The van der Waals surface area contributed by atoms with E-state index in [1.165, 1.54) is 16.8 Å². The molecule has 0 spiro atoms. The Morgan fingerprint density at radius 1 is 1.00 bits per heavy atom. The van der Waals surface area contributed by atoms with Gasteiger partial charge in [0.15, 0.2) is 0 Å². The zero-order valence-corrected chi connectivity index (χ0v) is 14.8. The Morgan fingerprint density at radius 3 is 2.29 bits per heavy atom. The third kappa shape index (κ3) is 3.55. The van der Waals surface area contributed by atoms with Gasteiger partial charge in [0.1, 0.15) is 0 Å². The van der Waals surface area contributed by atoms with Crippen molar-refractivity contribution in [3.05, 3.63) is 58.6 Å². The van der Waals surface area contributed by atoms with Crippen LogP contribution in [0.5, 0.6) is 0 Å². The topological polar surface area (TPSA) is 26.8 Å². The number of hydrogen-bond donors (Lipinski definition) is 0. The number of halogens is 1. The van der Waals surface area contributed by atoms with E-state index in [0.29, 0.717) is 0 Å². The van der Waals surface area contributed by atoms with E-state index in [1.807, 2.05) is 49.4 Å². The van der Waals surface area contributed by atoms with Crippen LogP contribution in [-0.2, 0) is 4.79 Å². The summed E-state index contributed by atoms with van der Waals surface area (Å²) in [4.78, 5) is 13.9. The number of benzene rings is 2. The van der Waals surface area contributed by atoms with Crippen LogP contribution in [-0.4, -0.2) is 37.6 Å². The summed E-state index contributed by atoms with van der Waals surface area (Å²) in [5, 5.41) is 4.56. The molecule has 0 atom stereocenters. The summed E-state index contributed by atoms with van der Waals surface area (Å²) < 4.78 is 0. The Kier molecular flexibility index (Phi) is 5.07. The van der Waals surface area contributed by atoms with Crippen LogP contribution in [0.1, 0.15) is 11.1 Å². The van der Waals surface area contributed by atoms with Crippen molar-refractivity contribution < 1.29 is 4.79 Å². The van der Waals surface area contributed by atoms with Crippen LogP contribution in [0, 0.1) is 13.8 Å². The maximum absolute atomic E-state index is 11.6. The number of anilines is 2. The van der Waals surface area contributed by atoms with Crippen molar-refractivity contribution in [1.82, 2.24) is 5.01 Å². The third-order valence-electron chi connectivity index (χ3n) is 4.47. The van der Waals surface area contributed by atoms with Crippen LogP contribution in [0.3, 0.4) is 0 Å². The molecule has 1 fully saturated rings. The molecular formula is C19H22ClN3O. The van der Waals surface area contributed by atoms with Gasteiger partial charge in [0.05, 0.1) is 5.69 Å². The molecule has 0 unspecified atom stereocenters. The molecule has 0 radical (unpaired) electrons. The average Bonchev–Trinajstić information content (AvgIpc) is 2.60. The molecule has 1 aliphatic heterocycles. The first-order chi connectivity index (χ1) is 11.6. The Morgan fingerprint density at radius 2 is 1.67 bits per heavy atom. The third-order valence-corrected chi connectivity index (χ3v) is 4.71. The molecule has 2 aromatic carbocycles. The molecule has 0 N–H and O–H groups in total. The highest BCUT2D eigenvalue weighted by molar-refractivity contribution is 6.30. The second-order valence-corrected chi connectivity index (χ2v) is 6.59. The van der Waals surface area contributed by atoms with Gasteiger partial charge in [0, 0.05) is 36.9 Å². The lowest BCUT2D eigenvalue weighted by Gasteiger charge is -2.40. The van der Waals surface area contributed by atoms with Crippen molar-refractivity contribution in [2.24, 2.45) is 0 Å². The highest BCUT2D eigenvalue weighted by atomic mass is 35.5. The molecule has 24 heavy (non-hydrogen) atoms. The van der Waals surface area contributed by atoms with E-state index in [-0.39, 0.29) is 0 Å². The predicted molar refractivity (Wildman–Crippen MR) is 99.7 cm³/mol. The molecular weight excluding hydrogens is 322 g/mol. The minimum atomic E-state index is 0.757. The largest absolute Gasteiger partial charge is 0.369 e. The van der Waals surface area contributed by atoms with Gasteiger partial charge >= 0.3 is 0 Å².